The van der Waals surface area contributed by atoms with Crippen molar-refractivity contribution in [3.8, 4) is 22.8 Å². The van der Waals surface area contributed by atoms with Gasteiger partial charge in [-0.15, -0.1) is 5.10 Å². The molecule has 0 amide bonds. The molecule has 1 aromatic carbocycles. The van der Waals surface area contributed by atoms with E-state index in [0.717, 1.165) is 34.6 Å². The highest BCUT2D eigenvalue weighted by Gasteiger charge is 2.19. The Labute approximate surface area is 171 Å². The minimum absolute atomic E-state index is 0.227. The topological polar surface area (TPSA) is 88.1 Å². The fourth-order valence-electron chi connectivity index (χ4n) is 3.37. The molecule has 30 heavy (non-hydrogen) atoms. The van der Waals surface area contributed by atoms with Crippen LogP contribution in [0.5, 0.6) is 5.88 Å². The Balaban J connectivity index is 1.33. The van der Waals surface area contributed by atoms with Crippen LogP contribution < -0.4 is 4.74 Å². The maximum atomic E-state index is 13.2. The first-order valence-electron chi connectivity index (χ1n) is 9.50. The lowest BCUT2D eigenvalue weighted by molar-refractivity contribution is 0.107. The van der Waals surface area contributed by atoms with Crippen LogP contribution in [0.4, 0.5) is 4.39 Å². The summed E-state index contributed by atoms with van der Waals surface area (Å²) < 4.78 is 31.6. The summed E-state index contributed by atoms with van der Waals surface area (Å²) in [6.07, 6.45) is 2.46. The number of hydrogen-bond acceptors (Lipinski definition) is 7. The summed E-state index contributed by atoms with van der Waals surface area (Å²) in [7, 11) is 0. The Morgan fingerprint density at radius 1 is 1.17 bits per heavy atom. The normalized spacial score (nSPS) is 13.3. The van der Waals surface area contributed by atoms with E-state index in [-0.39, 0.29) is 12.4 Å². The van der Waals surface area contributed by atoms with E-state index in [4.69, 9.17) is 14.0 Å². The molecule has 1 aliphatic heterocycles. The van der Waals surface area contributed by atoms with Crippen LogP contribution in [0.2, 0.25) is 0 Å². The average Bonchev–Trinajstić information content (AvgIpc) is 3.37. The van der Waals surface area contributed by atoms with Crippen molar-refractivity contribution in [2.75, 3.05) is 6.61 Å². The molecule has 152 valence electrons. The average molecular weight is 407 g/mol. The number of aromatic nitrogens is 5. The standard InChI is InChI=1S/C21H18FN5O3/c1-13-17(21(25-30-13)14-2-4-15(22)5-3-14)11-29-20-7-6-16(10-23-20)27-19-8-9-28-12-18(19)24-26-27/h2-7,10H,8-9,11-12H2,1H3. The second kappa shape index (κ2) is 7.68. The molecule has 0 saturated carbocycles. The van der Waals surface area contributed by atoms with E-state index in [0.29, 0.717) is 30.5 Å². The Kier molecular flexibility index (Phi) is 4.72. The molecule has 0 radical (unpaired) electrons. The van der Waals surface area contributed by atoms with Gasteiger partial charge in [0.1, 0.15) is 29.6 Å². The summed E-state index contributed by atoms with van der Waals surface area (Å²) in [4.78, 5) is 4.38. The van der Waals surface area contributed by atoms with Crippen LogP contribution in [-0.2, 0) is 24.4 Å². The number of benzene rings is 1. The zero-order valence-electron chi connectivity index (χ0n) is 16.2. The summed E-state index contributed by atoms with van der Waals surface area (Å²) in [6.45, 7) is 3.18. The number of hydrogen-bond donors (Lipinski definition) is 0. The van der Waals surface area contributed by atoms with Gasteiger partial charge >= 0.3 is 0 Å². The third kappa shape index (κ3) is 3.43. The minimum Gasteiger partial charge on any atom is -0.473 e. The molecule has 0 unspecified atom stereocenters. The van der Waals surface area contributed by atoms with Gasteiger partial charge in [-0.2, -0.15) is 0 Å². The second-order valence-electron chi connectivity index (χ2n) is 6.91. The first-order chi connectivity index (χ1) is 14.7. The zero-order chi connectivity index (χ0) is 20.5. The zero-order valence-corrected chi connectivity index (χ0v) is 16.2. The summed E-state index contributed by atoms with van der Waals surface area (Å²) >= 11 is 0. The molecule has 0 N–H and O–H groups in total. The molecule has 0 fully saturated rings. The highest BCUT2D eigenvalue weighted by molar-refractivity contribution is 5.63. The minimum atomic E-state index is -0.303. The fraction of sp³-hybridized carbons (Fsp3) is 0.238. The monoisotopic (exact) mass is 407 g/mol. The molecule has 4 aromatic rings. The van der Waals surface area contributed by atoms with Crippen LogP contribution in [0.15, 0.2) is 47.1 Å². The third-order valence-corrected chi connectivity index (χ3v) is 5.00. The maximum absolute atomic E-state index is 13.2. The van der Waals surface area contributed by atoms with E-state index in [1.54, 1.807) is 29.1 Å². The van der Waals surface area contributed by atoms with Crippen LogP contribution in [0, 0.1) is 12.7 Å². The highest BCUT2D eigenvalue weighted by Crippen LogP contribution is 2.27. The van der Waals surface area contributed by atoms with E-state index in [9.17, 15) is 4.39 Å². The molecule has 3 aromatic heterocycles. The molecule has 8 nitrogen and oxygen atoms in total. The molecule has 9 heteroatoms. The first kappa shape index (κ1) is 18.4. The van der Waals surface area contributed by atoms with Gasteiger partial charge in [0.2, 0.25) is 5.88 Å². The van der Waals surface area contributed by atoms with E-state index >= 15 is 0 Å². The number of aryl methyl sites for hydroxylation is 1. The van der Waals surface area contributed by atoms with Gasteiger partial charge in [-0.05, 0) is 37.3 Å². The summed E-state index contributed by atoms with van der Waals surface area (Å²) in [5, 5.41) is 12.5. The predicted octanol–water partition coefficient (Wildman–Crippen LogP) is 3.42. The maximum Gasteiger partial charge on any atom is 0.213 e. The van der Waals surface area contributed by atoms with Crippen LogP contribution in [0.1, 0.15) is 22.7 Å². The van der Waals surface area contributed by atoms with Crippen LogP contribution in [0.25, 0.3) is 16.9 Å². The second-order valence-corrected chi connectivity index (χ2v) is 6.91. The van der Waals surface area contributed by atoms with Crippen molar-refractivity contribution >= 4 is 0 Å². The van der Waals surface area contributed by atoms with Gasteiger partial charge in [-0.3, -0.25) is 0 Å². The SMILES string of the molecule is Cc1onc(-c2ccc(F)cc2)c1COc1ccc(-n2nnc3c2CCOC3)cn1. The van der Waals surface area contributed by atoms with Crippen molar-refractivity contribution in [1.29, 1.82) is 0 Å². The van der Waals surface area contributed by atoms with Gasteiger partial charge in [0, 0.05) is 18.1 Å². The summed E-state index contributed by atoms with van der Waals surface area (Å²) in [5.74, 6) is 0.798. The lowest BCUT2D eigenvalue weighted by atomic mass is 10.1. The van der Waals surface area contributed by atoms with E-state index < -0.39 is 0 Å². The number of nitrogens with zero attached hydrogens (tertiary/aromatic N) is 5. The van der Waals surface area contributed by atoms with Crippen LogP contribution >= 0.6 is 0 Å². The number of ether oxygens (including phenoxy) is 2. The van der Waals surface area contributed by atoms with Crippen molar-refractivity contribution in [3.05, 3.63) is 71.1 Å². The fourth-order valence-corrected chi connectivity index (χ4v) is 3.37. The predicted molar refractivity (Wildman–Crippen MR) is 103 cm³/mol. The smallest absolute Gasteiger partial charge is 0.213 e. The van der Waals surface area contributed by atoms with E-state index in [2.05, 4.69) is 20.5 Å². The van der Waals surface area contributed by atoms with Crippen molar-refractivity contribution in [2.24, 2.45) is 0 Å². The van der Waals surface area contributed by atoms with E-state index in [1.807, 2.05) is 13.0 Å². The van der Waals surface area contributed by atoms with Gasteiger partial charge < -0.3 is 14.0 Å². The number of fused-ring (bicyclic) bond motifs is 1. The van der Waals surface area contributed by atoms with Gasteiger partial charge in [0.15, 0.2) is 0 Å². The van der Waals surface area contributed by atoms with Crippen LogP contribution in [-0.4, -0.2) is 31.7 Å². The first-order valence-corrected chi connectivity index (χ1v) is 9.50. The number of pyridine rings is 1. The molecule has 1 aliphatic rings. The van der Waals surface area contributed by atoms with Crippen molar-refractivity contribution in [2.45, 2.75) is 26.6 Å². The van der Waals surface area contributed by atoms with Gasteiger partial charge in [0.25, 0.3) is 0 Å². The molecule has 0 spiro atoms. The molecule has 4 heterocycles. The Bertz CT molecular complexity index is 1170. The number of halogens is 1. The van der Waals surface area contributed by atoms with Crippen molar-refractivity contribution in [3.63, 3.8) is 0 Å². The van der Waals surface area contributed by atoms with Crippen molar-refractivity contribution < 1.29 is 18.4 Å². The van der Waals surface area contributed by atoms with Gasteiger partial charge in [0.05, 0.1) is 36.4 Å². The molecule has 0 bridgehead atoms. The summed E-state index contributed by atoms with van der Waals surface area (Å²) in [6, 6.07) is 9.76. The molecule has 5 rings (SSSR count). The van der Waals surface area contributed by atoms with Crippen molar-refractivity contribution in [1.82, 2.24) is 25.1 Å². The highest BCUT2D eigenvalue weighted by atomic mass is 19.1. The number of rotatable bonds is 5. The van der Waals surface area contributed by atoms with E-state index in [1.165, 1.54) is 12.1 Å². The Morgan fingerprint density at radius 2 is 2.03 bits per heavy atom. The quantitative estimate of drug-likeness (QED) is 0.501. The largest absolute Gasteiger partial charge is 0.473 e. The van der Waals surface area contributed by atoms with Gasteiger partial charge in [-0.25, -0.2) is 14.1 Å². The van der Waals surface area contributed by atoms with Crippen LogP contribution in [0.3, 0.4) is 0 Å². The molecular weight excluding hydrogens is 389 g/mol. The Morgan fingerprint density at radius 3 is 2.83 bits per heavy atom. The molecule has 0 saturated heterocycles. The summed E-state index contributed by atoms with van der Waals surface area (Å²) in [5.41, 5.74) is 4.89. The lowest BCUT2D eigenvalue weighted by Gasteiger charge is -2.13. The third-order valence-electron chi connectivity index (χ3n) is 5.00. The molecule has 0 aliphatic carbocycles. The van der Waals surface area contributed by atoms with Gasteiger partial charge in [-0.1, -0.05) is 10.4 Å². The molecule has 0 atom stereocenters. The Hall–Kier alpha value is -3.59. The molecular formula is C21H18FN5O3. The lowest BCUT2D eigenvalue weighted by Crippen LogP contribution is -2.13.